The van der Waals surface area contributed by atoms with Crippen molar-refractivity contribution < 1.29 is 28.9 Å². The molecule has 0 spiro atoms. The van der Waals surface area contributed by atoms with Gasteiger partial charge in [0.2, 0.25) is 0 Å². The third-order valence-corrected chi connectivity index (χ3v) is 13.1. The number of hydrogen-bond donors (Lipinski definition) is 1. The van der Waals surface area contributed by atoms with Gasteiger partial charge in [0.25, 0.3) is 0 Å². The van der Waals surface area contributed by atoms with Crippen LogP contribution in [-0.4, -0.2) is 43.0 Å². The van der Waals surface area contributed by atoms with Crippen LogP contribution in [0.3, 0.4) is 0 Å². The number of fused-ring (bicyclic) bond motifs is 6. The number of carbonyl (C=O) groups excluding carboxylic acids is 2. The van der Waals surface area contributed by atoms with Crippen molar-refractivity contribution in [2.24, 2.45) is 46.3 Å². The van der Waals surface area contributed by atoms with E-state index in [9.17, 15) is 14.7 Å². The molecule has 6 nitrogen and oxygen atoms in total. The maximum absolute atomic E-state index is 12.8. The number of aryl methyl sites for hydroxylation is 1. The first-order valence-electron chi connectivity index (χ1n) is 16.8. The second-order valence-electron chi connectivity index (χ2n) is 15.2. The van der Waals surface area contributed by atoms with Crippen molar-refractivity contribution in [3.8, 4) is 5.75 Å². The Balaban J connectivity index is 0.999. The van der Waals surface area contributed by atoms with Crippen LogP contribution in [0.15, 0.2) is 12.1 Å². The van der Waals surface area contributed by atoms with Crippen LogP contribution in [0.1, 0.15) is 113 Å². The minimum Gasteiger partial charge on any atom is -0.486 e. The number of methoxy groups -OCH3 is 1. The highest BCUT2D eigenvalue weighted by atomic mass is 16.6. The molecule has 4 aliphatic carbocycles. The molecule has 232 valence electrons. The van der Waals surface area contributed by atoms with Crippen LogP contribution in [0, 0.1) is 53.3 Å². The zero-order valence-electron chi connectivity index (χ0n) is 26.5. The van der Waals surface area contributed by atoms with Gasteiger partial charge in [-0.3, -0.25) is 4.79 Å². The molecule has 10 atom stereocenters. The van der Waals surface area contributed by atoms with Crippen LogP contribution in [-0.2, 0) is 20.7 Å². The second kappa shape index (κ2) is 11.4. The molecule has 0 amide bonds. The molecule has 1 heterocycles. The number of ether oxygens (including phenoxy) is 3. The zero-order valence-corrected chi connectivity index (χ0v) is 26.5. The van der Waals surface area contributed by atoms with Gasteiger partial charge in [0.05, 0.1) is 18.8 Å². The van der Waals surface area contributed by atoms with E-state index in [0.717, 1.165) is 53.9 Å². The largest absolute Gasteiger partial charge is 0.486 e. The first-order chi connectivity index (χ1) is 20.0. The van der Waals surface area contributed by atoms with Crippen molar-refractivity contribution >= 4 is 11.9 Å². The van der Waals surface area contributed by atoms with Crippen LogP contribution < -0.4 is 4.74 Å². The highest BCUT2D eigenvalue weighted by molar-refractivity contribution is 5.90. The van der Waals surface area contributed by atoms with Gasteiger partial charge in [0, 0.05) is 12.8 Å². The smallest absolute Gasteiger partial charge is 0.337 e. The summed E-state index contributed by atoms with van der Waals surface area (Å²) in [5.41, 5.74) is 3.19. The van der Waals surface area contributed by atoms with Crippen molar-refractivity contribution in [2.45, 2.75) is 117 Å². The van der Waals surface area contributed by atoms with E-state index in [4.69, 9.17) is 14.2 Å². The van der Waals surface area contributed by atoms with Gasteiger partial charge in [0.1, 0.15) is 18.5 Å². The molecule has 5 aliphatic rings. The van der Waals surface area contributed by atoms with Crippen LogP contribution in [0.4, 0.5) is 0 Å². The Bertz CT molecular complexity index is 1190. The van der Waals surface area contributed by atoms with Gasteiger partial charge in [-0.25, -0.2) is 4.79 Å². The lowest BCUT2D eigenvalue weighted by Gasteiger charge is -2.61. The Hall–Kier alpha value is -2.08. The van der Waals surface area contributed by atoms with Gasteiger partial charge in [-0.2, -0.15) is 0 Å². The van der Waals surface area contributed by atoms with E-state index in [1.807, 2.05) is 13.0 Å². The second-order valence-corrected chi connectivity index (χ2v) is 15.2. The number of aliphatic hydroxyl groups excluding tert-OH is 1. The Morgan fingerprint density at radius 1 is 1.05 bits per heavy atom. The van der Waals surface area contributed by atoms with E-state index in [2.05, 4.69) is 20.8 Å². The van der Waals surface area contributed by atoms with E-state index in [1.165, 1.54) is 52.1 Å². The van der Waals surface area contributed by atoms with E-state index in [0.29, 0.717) is 47.0 Å². The predicted octanol–water partition coefficient (Wildman–Crippen LogP) is 7.06. The topological polar surface area (TPSA) is 82.1 Å². The fourth-order valence-corrected chi connectivity index (χ4v) is 11.0. The summed E-state index contributed by atoms with van der Waals surface area (Å²) in [4.78, 5) is 24.8. The van der Waals surface area contributed by atoms with E-state index >= 15 is 0 Å². The Labute approximate surface area is 252 Å². The molecule has 4 fully saturated rings. The summed E-state index contributed by atoms with van der Waals surface area (Å²) in [5.74, 6) is 4.66. The molecule has 0 aromatic heterocycles. The number of hydrogen-bond acceptors (Lipinski definition) is 6. The van der Waals surface area contributed by atoms with Gasteiger partial charge >= 0.3 is 11.9 Å². The molecular weight excluding hydrogens is 528 g/mol. The van der Waals surface area contributed by atoms with Crippen molar-refractivity contribution in [3.63, 3.8) is 0 Å². The molecule has 0 radical (unpaired) electrons. The van der Waals surface area contributed by atoms with Gasteiger partial charge < -0.3 is 19.3 Å². The lowest BCUT2D eigenvalue weighted by atomic mass is 9.44. The summed E-state index contributed by atoms with van der Waals surface area (Å²) in [6.07, 6.45) is 12.8. The summed E-state index contributed by atoms with van der Waals surface area (Å²) < 4.78 is 16.7. The van der Waals surface area contributed by atoms with Crippen LogP contribution in [0.25, 0.3) is 0 Å². The van der Waals surface area contributed by atoms with Gasteiger partial charge in [-0.1, -0.05) is 20.8 Å². The molecule has 1 aromatic carbocycles. The first kappa shape index (κ1) is 30.0. The van der Waals surface area contributed by atoms with Crippen molar-refractivity contribution in [1.82, 2.24) is 0 Å². The number of carbonyl (C=O) groups is 2. The molecule has 1 aromatic rings. The Kier molecular flexibility index (Phi) is 8.17. The minimum atomic E-state index is -0.355. The molecule has 6 heteroatoms. The maximum Gasteiger partial charge on any atom is 0.337 e. The summed E-state index contributed by atoms with van der Waals surface area (Å²) in [6, 6.07) is 3.61. The van der Waals surface area contributed by atoms with Crippen LogP contribution in [0.2, 0.25) is 0 Å². The van der Waals surface area contributed by atoms with Crippen molar-refractivity contribution in [1.29, 1.82) is 0 Å². The molecule has 1 aliphatic heterocycles. The highest BCUT2D eigenvalue weighted by Crippen LogP contribution is 2.68. The van der Waals surface area contributed by atoms with Crippen molar-refractivity contribution in [2.75, 3.05) is 13.7 Å². The summed E-state index contributed by atoms with van der Waals surface area (Å²) >= 11 is 0. The molecule has 42 heavy (non-hydrogen) atoms. The lowest BCUT2D eigenvalue weighted by Crippen LogP contribution is -2.54. The number of aliphatic hydroxyl groups is 1. The fraction of sp³-hybridized carbons (Fsp3) is 0.778. The highest BCUT2D eigenvalue weighted by Gasteiger charge is 2.60. The molecule has 0 saturated heterocycles. The maximum atomic E-state index is 12.8. The average molecular weight is 581 g/mol. The molecular formula is C36H52O6. The van der Waals surface area contributed by atoms with Crippen LogP contribution >= 0.6 is 0 Å². The van der Waals surface area contributed by atoms with Gasteiger partial charge in [-0.15, -0.1) is 0 Å². The third kappa shape index (κ3) is 5.18. The molecule has 1 N–H and O–H groups in total. The predicted molar refractivity (Wildman–Crippen MR) is 161 cm³/mol. The van der Waals surface area contributed by atoms with E-state index in [1.54, 1.807) is 6.07 Å². The number of rotatable bonds is 7. The third-order valence-electron chi connectivity index (χ3n) is 13.1. The number of esters is 2. The quantitative estimate of drug-likeness (QED) is 0.348. The number of benzene rings is 1. The van der Waals surface area contributed by atoms with Crippen LogP contribution in [0.5, 0.6) is 5.75 Å². The minimum absolute atomic E-state index is 0.0793. The molecule has 6 rings (SSSR count). The van der Waals surface area contributed by atoms with E-state index < -0.39 is 0 Å². The normalized spacial score (nSPS) is 39.2. The standard InChI is InChI=1S/C36H52O6/c1-21(6-11-32(38)41-20-27-18-23-17-24(34(39)40-5)16-22(2)33(23)42-27)29-9-10-30-28-8-7-25-19-26(37)12-14-35(25,3)31(28)13-15-36(29,30)4/h16-17,21,25-31,37H,6-15,18-20H2,1-5H3/t21-,25?,26+,27-,28+,29-,30+,31+,35+,36-/m1/s1. The first-order valence-corrected chi connectivity index (χ1v) is 16.8. The molecule has 1 unspecified atom stereocenters. The Morgan fingerprint density at radius 2 is 1.81 bits per heavy atom. The SMILES string of the molecule is COC(=O)c1cc(C)c2c(c1)C[C@H](COC(=O)CC[C@@H](C)[C@H]1CC[C@H]3[C@@H]4CCC5C[C@@H](O)CC[C@]5(C)[C@H]4CC[C@]13C)O2. The van der Waals surface area contributed by atoms with Crippen molar-refractivity contribution in [3.05, 3.63) is 28.8 Å². The van der Waals surface area contributed by atoms with E-state index in [-0.39, 0.29) is 30.8 Å². The summed E-state index contributed by atoms with van der Waals surface area (Å²) in [6.45, 7) is 9.69. The molecule has 4 saturated carbocycles. The molecule has 0 bridgehead atoms. The van der Waals surface area contributed by atoms with Gasteiger partial charge in [-0.05, 0) is 141 Å². The summed E-state index contributed by atoms with van der Waals surface area (Å²) in [5, 5.41) is 10.4. The Morgan fingerprint density at radius 3 is 2.60 bits per heavy atom. The lowest BCUT2D eigenvalue weighted by molar-refractivity contribution is -0.146. The summed E-state index contributed by atoms with van der Waals surface area (Å²) in [7, 11) is 1.38. The van der Waals surface area contributed by atoms with Gasteiger partial charge in [0.15, 0.2) is 0 Å². The monoisotopic (exact) mass is 580 g/mol. The zero-order chi connectivity index (χ0) is 29.8. The average Bonchev–Trinajstić information content (AvgIpc) is 3.55. The fourth-order valence-electron chi connectivity index (χ4n) is 11.0.